The van der Waals surface area contributed by atoms with Gasteiger partial charge < -0.3 is 10.2 Å². The monoisotopic (exact) mass is 247 g/mol. The Balaban J connectivity index is 3.15. The van der Waals surface area contributed by atoms with E-state index in [-0.39, 0.29) is 0 Å². The lowest BCUT2D eigenvalue weighted by Gasteiger charge is -2.29. The molecule has 0 spiro atoms. The third-order valence-electron chi connectivity index (χ3n) is 2.87. The van der Waals surface area contributed by atoms with Crippen LogP contribution < -0.4 is 10.2 Å². The molecule has 0 atom stereocenters. The number of rotatable bonds is 6. The Morgan fingerprint density at radius 1 is 1.44 bits per heavy atom. The Labute approximate surface area is 109 Å². The minimum absolute atomic E-state index is 0.309. The fourth-order valence-corrected chi connectivity index (χ4v) is 1.97. The number of nitrogens with one attached hydrogen (secondary N) is 1. The number of anilines is 2. The first-order chi connectivity index (χ1) is 8.65. The fraction of sp³-hybridized carbons (Fsp3) is 0.615. The van der Waals surface area contributed by atoms with Crippen LogP contribution in [0.2, 0.25) is 0 Å². The van der Waals surface area contributed by atoms with Crippen molar-refractivity contribution >= 4 is 11.6 Å². The highest BCUT2D eigenvalue weighted by molar-refractivity contribution is 5.59. The Morgan fingerprint density at radius 2 is 2.17 bits per heavy atom. The maximum atomic E-state index is 8.75. The van der Waals surface area contributed by atoms with Gasteiger partial charge in [-0.05, 0) is 20.3 Å². The Bertz CT molecular complexity index is 422. The summed E-state index contributed by atoms with van der Waals surface area (Å²) in [5, 5.41) is 11.8. The van der Waals surface area contributed by atoms with Gasteiger partial charge in [0.15, 0.2) is 0 Å². The molecule has 1 aromatic heterocycles. The third kappa shape index (κ3) is 3.10. The van der Waals surface area contributed by atoms with Crippen LogP contribution in [-0.2, 0) is 6.42 Å². The lowest BCUT2D eigenvalue weighted by molar-refractivity contribution is 0.671. The smallest absolute Gasteiger partial charge is 0.137 e. The predicted molar refractivity (Wildman–Crippen MR) is 73.7 cm³/mol. The molecule has 0 unspecified atom stereocenters. The second-order valence-electron chi connectivity index (χ2n) is 4.32. The lowest BCUT2D eigenvalue weighted by atomic mass is 10.1. The van der Waals surface area contributed by atoms with Gasteiger partial charge in [0.2, 0.25) is 0 Å². The van der Waals surface area contributed by atoms with Gasteiger partial charge in [0.25, 0.3) is 0 Å². The van der Waals surface area contributed by atoms with Crippen molar-refractivity contribution in [1.29, 1.82) is 5.26 Å². The molecule has 18 heavy (non-hydrogen) atoms. The average Bonchev–Trinajstić information content (AvgIpc) is 2.38. The van der Waals surface area contributed by atoms with Crippen molar-refractivity contribution in [2.24, 2.45) is 0 Å². The van der Waals surface area contributed by atoms with Crippen LogP contribution >= 0.6 is 0 Å². The molecule has 5 nitrogen and oxygen atoms in total. The minimum Gasteiger partial charge on any atom is -0.373 e. The van der Waals surface area contributed by atoms with Crippen molar-refractivity contribution in [2.45, 2.75) is 39.7 Å². The molecule has 1 rings (SSSR count). The molecule has 0 aliphatic heterocycles. The largest absolute Gasteiger partial charge is 0.373 e. The van der Waals surface area contributed by atoms with Gasteiger partial charge >= 0.3 is 0 Å². The highest BCUT2D eigenvalue weighted by atomic mass is 15.2. The van der Waals surface area contributed by atoms with E-state index < -0.39 is 0 Å². The molecule has 1 aromatic rings. The molecule has 0 aliphatic rings. The molecular formula is C13H21N5. The molecule has 0 radical (unpaired) electrons. The summed E-state index contributed by atoms with van der Waals surface area (Å²) < 4.78 is 0. The molecule has 1 heterocycles. The van der Waals surface area contributed by atoms with Crippen LogP contribution in [0.1, 0.15) is 32.8 Å². The highest BCUT2D eigenvalue weighted by Crippen LogP contribution is 2.25. The summed E-state index contributed by atoms with van der Waals surface area (Å²) in [6.07, 6.45) is 2.93. The maximum absolute atomic E-state index is 8.75. The van der Waals surface area contributed by atoms with Gasteiger partial charge in [-0.15, -0.1) is 0 Å². The number of hydrogen-bond acceptors (Lipinski definition) is 5. The van der Waals surface area contributed by atoms with Crippen LogP contribution in [0.15, 0.2) is 6.33 Å². The van der Waals surface area contributed by atoms with Gasteiger partial charge in [-0.1, -0.05) is 6.92 Å². The van der Waals surface area contributed by atoms with Crippen LogP contribution in [0.5, 0.6) is 0 Å². The Kier molecular flexibility index (Phi) is 5.37. The molecule has 0 amide bonds. The first-order valence-corrected chi connectivity index (χ1v) is 6.30. The van der Waals surface area contributed by atoms with Gasteiger partial charge in [-0.2, -0.15) is 5.26 Å². The van der Waals surface area contributed by atoms with Crippen molar-refractivity contribution < 1.29 is 0 Å². The number of nitriles is 1. The van der Waals surface area contributed by atoms with Gasteiger partial charge in [-0.25, -0.2) is 9.97 Å². The zero-order valence-electron chi connectivity index (χ0n) is 11.6. The molecular weight excluding hydrogens is 226 g/mol. The van der Waals surface area contributed by atoms with Crippen molar-refractivity contribution in [1.82, 2.24) is 9.97 Å². The standard InChI is InChI=1S/C13H21N5/c1-5-11-12(15-4)16-9-17-13(11)18(10(2)3)8-6-7-14/h9-10H,5-6,8H2,1-4H3,(H,15,16,17). The van der Waals surface area contributed by atoms with Crippen LogP contribution in [0.25, 0.3) is 0 Å². The molecule has 5 heteroatoms. The lowest BCUT2D eigenvalue weighted by Crippen LogP contribution is -2.33. The van der Waals surface area contributed by atoms with E-state index in [1.54, 1.807) is 6.33 Å². The normalized spacial score (nSPS) is 10.2. The SMILES string of the molecule is CCc1c(NC)ncnc1N(CCC#N)C(C)C. The molecule has 0 fully saturated rings. The Morgan fingerprint density at radius 3 is 2.67 bits per heavy atom. The van der Waals surface area contributed by atoms with Crippen LogP contribution in [0.4, 0.5) is 11.6 Å². The first kappa shape index (κ1) is 14.2. The second-order valence-corrected chi connectivity index (χ2v) is 4.32. The first-order valence-electron chi connectivity index (χ1n) is 6.30. The summed E-state index contributed by atoms with van der Waals surface area (Å²) in [6, 6.07) is 2.50. The molecule has 0 aromatic carbocycles. The van der Waals surface area contributed by atoms with Gasteiger partial charge in [0, 0.05) is 25.2 Å². The predicted octanol–water partition coefficient (Wildman–Crippen LogP) is 2.21. The van der Waals surface area contributed by atoms with Crippen LogP contribution in [-0.4, -0.2) is 29.6 Å². The van der Waals surface area contributed by atoms with E-state index in [0.29, 0.717) is 19.0 Å². The Hall–Kier alpha value is -1.83. The molecule has 0 aliphatic carbocycles. The number of nitrogens with zero attached hydrogens (tertiary/aromatic N) is 4. The van der Waals surface area contributed by atoms with Crippen LogP contribution in [0.3, 0.4) is 0 Å². The maximum Gasteiger partial charge on any atom is 0.137 e. The third-order valence-corrected chi connectivity index (χ3v) is 2.87. The van der Waals surface area contributed by atoms with E-state index in [1.807, 2.05) is 7.05 Å². The number of aromatic nitrogens is 2. The van der Waals surface area contributed by atoms with E-state index in [9.17, 15) is 0 Å². The number of hydrogen-bond donors (Lipinski definition) is 1. The summed E-state index contributed by atoms with van der Waals surface area (Å²) in [6.45, 7) is 7.00. The van der Waals surface area contributed by atoms with E-state index in [2.05, 4.69) is 47.0 Å². The zero-order chi connectivity index (χ0) is 13.5. The second kappa shape index (κ2) is 6.80. The summed E-state index contributed by atoms with van der Waals surface area (Å²) >= 11 is 0. The molecule has 0 saturated carbocycles. The van der Waals surface area contributed by atoms with Crippen molar-refractivity contribution in [3.8, 4) is 6.07 Å². The highest BCUT2D eigenvalue weighted by Gasteiger charge is 2.17. The van der Waals surface area contributed by atoms with E-state index in [4.69, 9.17) is 5.26 Å². The molecule has 1 N–H and O–H groups in total. The topological polar surface area (TPSA) is 64.8 Å². The fourth-order valence-electron chi connectivity index (χ4n) is 1.97. The summed E-state index contributed by atoms with van der Waals surface area (Å²) in [5.74, 6) is 1.80. The quantitative estimate of drug-likeness (QED) is 0.835. The summed E-state index contributed by atoms with van der Waals surface area (Å²) in [5.41, 5.74) is 1.10. The van der Waals surface area contributed by atoms with Gasteiger partial charge in [0.05, 0.1) is 12.5 Å². The van der Waals surface area contributed by atoms with Crippen molar-refractivity contribution in [3.05, 3.63) is 11.9 Å². The minimum atomic E-state index is 0.309. The van der Waals surface area contributed by atoms with Gasteiger partial charge in [-0.3, -0.25) is 0 Å². The van der Waals surface area contributed by atoms with Crippen molar-refractivity contribution in [2.75, 3.05) is 23.8 Å². The van der Waals surface area contributed by atoms with Crippen LogP contribution in [0, 0.1) is 11.3 Å². The van der Waals surface area contributed by atoms with Crippen molar-refractivity contribution in [3.63, 3.8) is 0 Å². The van der Waals surface area contributed by atoms with Gasteiger partial charge in [0.1, 0.15) is 18.0 Å². The zero-order valence-corrected chi connectivity index (χ0v) is 11.6. The van der Waals surface area contributed by atoms with E-state index in [1.165, 1.54) is 0 Å². The molecule has 0 saturated heterocycles. The summed E-state index contributed by atoms with van der Waals surface area (Å²) in [4.78, 5) is 10.8. The molecule has 0 bridgehead atoms. The summed E-state index contributed by atoms with van der Waals surface area (Å²) in [7, 11) is 1.86. The molecule has 98 valence electrons. The van der Waals surface area contributed by atoms with E-state index in [0.717, 1.165) is 23.6 Å². The average molecular weight is 247 g/mol. The van der Waals surface area contributed by atoms with E-state index >= 15 is 0 Å².